The number of guanidine groups is 1. The normalized spacial score (nSPS) is 16.9. The van der Waals surface area contributed by atoms with E-state index in [9.17, 15) is 4.39 Å². The molecule has 0 radical (unpaired) electrons. The molecule has 1 fully saturated rings. The van der Waals surface area contributed by atoms with E-state index in [2.05, 4.69) is 31.4 Å². The van der Waals surface area contributed by atoms with Gasteiger partial charge in [0.15, 0.2) is 5.96 Å². The predicted octanol–water partition coefficient (Wildman–Crippen LogP) is 4.09. The van der Waals surface area contributed by atoms with Gasteiger partial charge in [-0.2, -0.15) is 0 Å². The largest absolute Gasteiger partial charge is 0.381 e. The third kappa shape index (κ3) is 7.02. The maximum absolute atomic E-state index is 13.3. The lowest BCUT2D eigenvalue weighted by Gasteiger charge is -2.36. The second kappa shape index (κ2) is 11.7. The van der Waals surface area contributed by atoms with Crippen LogP contribution in [0.15, 0.2) is 29.3 Å². The summed E-state index contributed by atoms with van der Waals surface area (Å²) in [6.07, 6.45) is 2.93. The summed E-state index contributed by atoms with van der Waals surface area (Å²) in [6, 6.07) is 6.88. The molecular weight excluding hydrogens is 444 g/mol. The van der Waals surface area contributed by atoms with Crippen molar-refractivity contribution in [2.45, 2.75) is 45.4 Å². The zero-order chi connectivity index (χ0) is 18.1. The van der Waals surface area contributed by atoms with E-state index < -0.39 is 0 Å². The Morgan fingerprint density at radius 3 is 2.42 bits per heavy atom. The topological polar surface area (TPSA) is 45.7 Å². The zero-order valence-corrected chi connectivity index (χ0v) is 18.5. The predicted molar refractivity (Wildman–Crippen MR) is 117 cm³/mol. The number of halogens is 2. The van der Waals surface area contributed by atoms with Crippen LogP contribution >= 0.6 is 24.0 Å². The van der Waals surface area contributed by atoms with E-state index >= 15 is 0 Å². The average Bonchev–Trinajstić information content (AvgIpc) is 2.61. The van der Waals surface area contributed by atoms with Crippen molar-refractivity contribution in [3.05, 3.63) is 35.6 Å². The van der Waals surface area contributed by atoms with Crippen LogP contribution in [-0.2, 0) is 10.2 Å². The van der Waals surface area contributed by atoms with Gasteiger partial charge in [0.25, 0.3) is 0 Å². The van der Waals surface area contributed by atoms with Gasteiger partial charge < -0.3 is 15.4 Å². The molecule has 0 amide bonds. The molecule has 0 aliphatic carbocycles. The van der Waals surface area contributed by atoms with Crippen molar-refractivity contribution >= 4 is 29.9 Å². The minimum absolute atomic E-state index is 0. The van der Waals surface area contributed by atoms with Crippen LogP contribution < -0.4 is 10.6 Å². The monoisotopic (exact) mass is 477 g/mol. The van der Waals surface area contributed by atoms with Crippen LogP contribution in [0.25, 0.3) is 0 Å². The smallest absolute Gasteiger partial charge is 0.191 e. The highest BCUT2D eigenvalue weighted by Gasteiger charge is 2.34. The first-order valence-electron chi connectivity index (χ1n) is 9.42. The molecule has 1 aromatic rings. The quantitative estimate of drug-likeness (QED) is 0.353. The van der Waals surface area contributed by atoms with Crippen LogP contribution in [-0.4, -0.2) is 38.8 Å². The van der Waals surface area contributed by atoms with Gasteiger partial charge in [-0.05, 0) is 49.8 Å². The zero-order valence-electron chi connectivity index (χ0n) is 16.2. The molecule has 2 N–H and O–H groups in total. The summed E-state index contributed by atoms with van der Waals surface area (Å²) >= 11 is 0. The second-order valence-electron chi connectivity index (χ2n) is 7.20. The van der Waals surface area contributed by atoms with E-state index in [-0.39, 0.29) is 35.2 Å². The first kappa shape index (κ1) is 23.1. The molecular formula is C20H33FIN3O. The number of nitrogens with one attached hydrogen (secondary N) is 2. The third-order valence-electron chi connectivity index (χ3n) is 4.80. The number of aliphatic imine (C=N–C) groups is 1. The Hall–Kier alpha value is -0.890. The fraction of sp³-hybridized carbons (Fsp3) is 0.650. The highest BCUT2D eigenvalue weighted by atomic mass is 127. The summed E-state index contributed by atoms with van der Waals surface area (Å²) in [5.41, 5.74) is 1.07. The Bertz CT molecular complexity index is 542. The molecule has 0 bridgehead atoms. The first-order valence-corrected chi connectivity index (χ1v) is 9.42. The highest BCUT2D eigenvalue weighted by Crippen LogP contribution is 2.35. The third-order valence-corrected chi connectivity index (χ3v) is 4.80. The Kier molecular flexibility index (Phi) is 10.5. The number of hydrogen-bond acceptors (Lipinski definition) is 2. The lowest BCUT2D eigenvalue weighted by atomic mass is 9.74. The Morgan fingerprint density at radius 1 is 1.19 bits per heavy atom. The van der Waals surface area contributed by atoms with Gasteiger partial charge in [-0.3, -0.25) is 4.99 Å². The minimum atomic E-state index is -0.196. The Labute approximate surface area is 174 Å². The molecule has 148 valence electrons. The van der Waals surface area contributed by atoms with E-state index in [1.165, 1.54) is 0 Å². The summed E-state index contributed by atoms with van der Waals surface area (Å²) < 4.78 is 18.9. The van der Waals surface area contributed by atoms with Crippen LogP contribution in [0.1, 0.15) is 45.6 Å². The standard InChI is InChI=1S/C20H32FN3O.HI/c1-4-22-19(23-12-9-16(2)3)24-15-20(10-13-25-14-11-20)17-5-7-18(21)8-6-17;/h5-8,16H,4,9-15H2,1-3H3,(H2,22,23,24);1H. The summed E-state index contributed by atoms with van der Waals surface area (Å²) in [7, 11) is 0. The van der Waals surface area contributed by atoms with Crippen molar-refractivity contribution in [1.82, 2.24) is 10.6 Å². The molecule has 0 atom stereocenters. The van der Waals surface area contributed by atoms with Gasteiger partial charge >= 0.3 is 0 Å². The van der Waals surface area contributed by atoms with Gasteiger partial charge in [0.05, 0.1) is 6.54 Å². The molecule has 1 aromatic carbocycles. The summed E-state index contributed by atoms with van der Waals surface area (Å²) in [5, 5.41) is 6.74. The lowest BCUT2D eigenvalue weighted by Crippen LogP contribution is -2.41. The molecule has 1 heterocycles. The van der Waals surface area contributed by atoms with Crippen molar-refractivity contribution in [3.63, 3.8) is 0 Å². The van der Waals surface area contributed by atoms with Crippen LogP contribution in [0.4, 0.5) is 4.39 Å². The van der Waals surface area contributed by atoms with E-state index in [1.807, 2.05) is 12.1 Å². The fourth-order valence-electron chi connectivity index (χ4n) is 3.16. The van der Waals surface area contributed by atoms with Crippen molar-refractivity contribution < 1.29 is 9.13 Å². The minimum Gasteiger partial charge on any atom is -0.381 e. The van der Waals surface area contributed by atoms with Crippen LogP contribution in [0.2, 0.25) is 0 Å². The number of hydrogen-bond donors (Lipinski definition) is 2. The molecule has 0 spiro atoms. The van der Waals surface area contributed by atoms with Gasteiger partial charge in [-0.25, -0.2) is 4.39 Å². The number of ether oxygens (including phenoxy) is 1. The lowest BCUT2D eigenvalue weighted by molar-refractivity contribution is 0.0531. The molecule has 4 nitrogen and oxygen atoms in total. The molecule has 0 unspecified atom stereocenters. The van der Waals surface area contributed by atoms with Crippen molar-refractivity contribution in [3.8, 4) is 0 Å². The summed E-state index contributed by atoms with van der Waals surface area (Å²) in [4.78, 5) is 4.85. The molecule has 1 aliphatic heterocycles. The molecule has 2 rings (SSSR count). The van der Waals surface area contributed by atoms with Crippen LogP contribution in [0.5, 0.6) is 0 Å². The van der Waals surface area contributed by atoms with Gasteiger partial charge in [0.1, 0.15) is 5.82 Å². The maximum atomic E-state index is 13.3. The molecule has 6 heteroatoms. The fourth-order valence-corrected chi connectivity index (χ4v) is 3.16. The Balaban J connectivity index is 0.00000338. The number of rotatable bonds is 7. The van der Waals surface area contributed by atoms with Crippen molar-refractivity contribution in [2.24, 2.45) is 10.9 Å². The maximum Gasteiger partial charge on any atom is 0.191 e. The first-order chi connectivity index (χ1) is 12.1. The molecule has 0 saturated carbocycles. The molecule has 26 heavy (non-hydrogen) atoms. The number of nitrogens with zero attached hydrogens (tertiary/aromatic N) is 1. The number of benzene rings is 1. The summed E-state index contributed by atoms with van der Waals surface area (Å²) in [5.74, 6) is 1.32. The van der Waals surface area contributed by atoms with E-state index in [4.69, 9.17) is 9.73 Å². The molecule has 1 saturated heterocycles. The Morgan fingerprint density at radius 2 is 1.85 bits per heavy atom. The van der Waals surface area contributed by atoms with Gasteiger partial charge in [0.2, 0.25) is 0 Å². The van der Waals surface area contributed by atoms with Gasteiger partial charge in [-0.1, -0.05) is 26.0 Å². The molecule has 1 aliphatic rings. The van der Waals surface area contributed by atoms with E-state index in [0.29, 0.717) is 12.5 Å². The van der Waals surface area contributed by atoms with Gasteiger partial charge in [-0.15, -0.1) is 24.0 Å². The van der Waals surface area contributed by atoms with E-state index in [0.717, 1.165) is 57.1 Å². The average molecular weight is 477 g/mol. The van der Waals surface area contributed by atoms with Gasteiger partial charge in [0, 0.05) is 31.7 Å². The molecule has 0 aromatic heterocycles. The SMILES string of the molecule is CCNC(=NCC1(c2ccc(F)cc2)CCOCC1)NCCC(C)C.I. The van der Waals surface area contributed by atoms with Crippen LogP contribution in [0, 0.1) is 11.7 Å². The summed E-state index contributed by atoms with van der Waals surface area (Å²) in [6.45, 7) is 10.4. The van der Waals surface area contributed by atoms with Crippen molar-refractivity contribution in [1.29, 1.82) is 0 Å². The second-order valence-corrected chi connectivity index (χ2v) is 7.20. The van der Waals surface area contributed by atoms with Crippen LogP contribution in [0.3, 0.4) is 0 Å². The highest BCUT2D eigenvalue weighted by molar-refractivity contribution is 14.0. The van der Waals surface area contributed by atoms with E-state index in [1.54, 1.807) is 12.1 Å². The van der Waals surface area contributed by atoms with Crippen molar-refractivity contribution in [2.75, 3.05) is 32.8 Å².